The van der Waals surface area contributed by atoms with Gasteiger partial charge >= 0.3 is 5.97 Å². The number of rotatable bonds is 8. The van der Waals surface area contributed by atoms with Crippen LogP contribution in [0.15, 0.2) is 60.7 Å². The number of benzene rings is 2. The average Bonchev–Trinajstić information content (AvgIpc) is 2.72. The average molecular weight is 380 g/mol. The summed E-state index contributed by atoms with van der Waals surface area (Å²) in [7, 11) is 0. The van der Waals surface area contributed by atoms with Gasteiger partial charge in [-0.15, -0.1) is 0 Å². The van der Waals surface area contributed by atoms with Crippen molar-refractivity contribution in [2.45, 2.75) is 19.8 Å². The summed E-state index contributed by atoms with van der Waals surface area (Å²) in [4.78, 5) is 13.4. The zero-order chi connectivity index (χ0) is 19.8. The van der Waals surface area contributed by atoms with E-state index >= 15 is 0 Å². The van der Waals surface area contributed by atoms with E-state index in [1.807, 2.05) is 6.07 Å². The molecule has 0 bridgehead atoms. The second-order valence-electron chi connectivity index (χ2n) is 7.35. The lowest BCUT2D eigenvalue weighted by atomic mass is 9.94. The monoisotopic (exact) mass is 379 g/mol. The Hall–Kier alpha value is -2.43. The van der Waals surface area contributed by atoms with Crippen molar-refractivity contribution in [2.24, 2.45) is 5.92 Å². The molecule has 0 radical (unpaired) electrons. The third-order valence-corrected chi connectivity index (χ3v) is 5.33. The molecule has 0 unspecified atom stereocenters. The van der Waals surface area contributed by atoms with Crippen molar-refractivity contribution in [1.82, 2.24) is 4.90 Å². The number of hydrogen-bond donors (Lipinski definition) is 1. The van der Waals surface area contributed by atoms with Gasteiger partial charge < -0.3 is 14.7 Å². The fourth-order valence-corrected chi connectivity index (χ4v) is 3.76. The van der Waals surface area contributed by atoms with Gasteiger partial charge in [-0.3, -0.25) is 4.79 Å². The Labute approximate surface area is 167 Å². The maximum atomic E-state index is 11.2. The van der Waals surface area contributed by atoms with Crippen LogP contribution in [0.5, 0.6) is 0 Å². The fraction of sp³-hybridized carbons (Fsp3) is 0.375. The van der Waals surface area contributed by atoms with Gasteiger partial charge in [-0.25, -0.2) is 0 Å². The molecule has 0 aliphatic carbocycles. The molecular weight excluding hydrogens is 350 g/mol. The van der Waals surface area contributed by atoms with Crippen molar-refractivity contribution in [2.75, 3.05) is 32.8 Å². The van der Waals surface area contributed by atoms with Crippen molar-refractivity contribution in [1.29, 1.82) is 0 Å². The molecule has 0 aromatic heterocycles. The predicted molar refractivity (Wildman–Crippen MR) is 112 cm³/mol. The SMILES string of the molecule is Cc1ccccc1/C(=C\COCCN1CCC[C@@H](C(=O)O)C1)c1ccccc1. The van der Waals surface area contributed by atoms with E-state index in [1.54, 1.807) is 0 Å². The summed E-state index contributed by atoms with van der Waals surface area (Å²) >= 11 is 0. The highest BCUT2D eigenvalue weighted by Crippen LogP contribution is 2.25. The van der Waals surface area contributed by atoms with Crippen LogP contribution in [0, 0.1) is 12.8 Å². The van der Waals surface area contributed by atoms with E-state index in [1.165, 1.54) is 22.3 Å². The zero-order valence-electron chi connectivity index (χ0n) is 16.5. The number of carbonyl (C=O) groups is 1. The van der Waals surface area contributed by atoms with Crippen molar-refractivity contribution >= 4 is 11.5 Å². The lowest BCUT2D eigenvalue weighted by Crippen LogP contribution is -2.40. The van der Waals surface area contributed by atoms with Gasteiger partial charge in [0.2, 0.25) is 0 Å². The Kier molecular flexibility index (Phi) is 7.40. The molecule has 0 amide bonds. The molecule has 2 aromatic rings. The highest BCUT2D eigenvalue weighted by atomic mass is 16.5. The summed E-state index contributed by atoms with van der Waals surface area (Å²) in [6.07, 6.45) is 3.88. The number of carboxylic acid groups (broad SMARTS) is 1. The van der Waals surface area contributed by atoms with Gasteiger partial charge in [0.25, 0.3) is 0 Å². The number of hydrogen-bond acceptors (Lipinski definition) is 3. The van der Waals surface area contributed by atoms with Gasteiger partial charge in [0.15, 0.2) is 0 Å². The summed E-state index contributed by atoms with van der Waals surface area (Å²) in [6, 6.07) is 18.8. The van der Waals surface area contributed by atoms with Crippen molar-refractivity contribution in [3.05, 3.63) is 77.4 Å². The molecule has 3 rings (SSSR count). The molecule has 1 N–H and O–H groups in total. The molecule has 1 aliphatic heterocycles. The summed E-state index contributed by atoms with van der Waals surface area (Å²) in [5.41, 5.74) is 4.83. The van der Waals surface area contributed by atoms with Crippen LogP contribution in [0.25, 0.3) is 5.57 Å². The van der Waals surface area contributed by atoms with Gasteiger partial charge in [0.1, 0.15) is 0 Å². The molecule has 4 heteroatoms. The third-order valence-electron chi connectivity index (χ3n) is 5.33. The Morgan fingerprint density at radius 1 is 1.18 bits per heavy atom. The summed E-state index contributed by atoms with van der Waals surface area (Å²) in [5.74, 6) is -0.918. The lowest BCUT2D eigenvalue weighted by molar-refractivity contribution is -0.143. The van der Waals surface area contributed by atoms with Crippen molar-refractivity contribution < 1.29 is 14.6 Å². The Morgan fingerprint density at radius 2 is 1.93 bits per heavy atom. The lowest BCUT2D eigenvalue weighted by Gasteiger charge is -2.30. The third kappa shape index (κ3) is 5.54. The summed E-state index contributed by atoms with van der Waals surface area (Å²) < 4.78 is 5.88. The van der Waals surface area contributed by atoms with Crippen LogP contribution in [0.1, 0.15) is 29.5 Å². The van der Waals surface area contributed by atoms with Crippen LogP contribution in [-0.4, -0.2) is 48.8 Å². The van der Waals surface area contributed by atoms with Gasteiger partial charge in [-0.05, 0) is 48.6 Å². The fourth-order valence-electron chi connectivity index (χ4n) is 3.76. The van der Waals surface area contributed by atoms with E-state index in [9.17, 15) is 9.90 Å². The first-order valence-electron chi connectivity index (χ1n) is 9.99. The molecule has 0 spiro atoms. The number of piperidine rings is 1. The first kappa shape index (κ1) is 20.3. The van der Waals surface area contributed by atoms with Gasteiger partial charge in [0, 0.05) is 13.1 Å². The van der Waals surface area contributed by atoms with E-state index < -0.39 is 5.97 Å². The molecule has 1 saturated heterocycles. The highest BCUT2D eigenvalue weighted by Gasteiger charge is 2.24. The van der Waals surface area contributed by atoms with E-state index in [0.717, 1.165) is 25.9 Å². The standard InChI is InChI=1S/C24H29NO3/c1-19-8-5-6-12-22(19)23(20-9-3-2-4-10-20)13-16-28-17-15-25-14-7-11-21(18-25)24(26)27/h2-6,8-10,12-13,21H,7,11,14-18H2,1H3,(H,26,27)/b23-13-/t21-/m1/s1. The maximum Gasteiger partial charge on any atom is 0.307 e. The molecular formula is C24H29NO3. The van der Waals surface area contributed by atoms with Crippen LogP contribution < -0.4 is 0 Å². The van der Waals surface area contributed by atoms with E-state index in [-0.39, 0.29) is 5.92 Å². The topological polar surface area (TPSA) is 49.8 Å². The van der Waals surface area contributed by atoms with Gasteiger partial charge in [-0.1, -0.05) is 60.7 Å². The normalized spacial score (nSPS) is 18.2. The van der Waals surface area contributed by atoms with Gasteiger partial charge in [-0.2, -0.15) is 0 Å². The van der Waals surface area contributed by atoms with Crippen molar-refractivity contribution in [3.8, 4) is 0 Å². The minimum Gasteiger partial charge on any atom is -0.481 e. The first-order valence-corrected chi connectivity index (χ1v) is 9.99. The maximum absolute atomic E-state index is 11.2. The minimum atomic E-state index is -0.681. The molecule has 2 aromatic carbocycles. The van der Waals surface area contributed by atoms with E-state index in [0.29, 0.717) is 19.8 Å². The van der Waals surface area contributed by atoms with Gasteiger partial charge in [0.05, 0.1) is 19.1 Å². The second kappa shape index (κ2) is 10.2. The molecule has 4 nitrogen and oxygen atoms in total. The van der Waals surface area contributed by atoms with Crippen LogP contribution in [0.2, 0.25) is 0 Å². The van der Waals surface area contributed by atoms with Crippen molar-refractivity contribution in [3.63, 3.8) is 0 Å². The number of carboxylic acids is 1. The molecule has 1 aliphatic rings. The number of aliphatic carboxylic acids is 1. The molecule has 28 heavy (non-hydrogen) atoms. The highest BCUT2D eigenvalue weighted by molar-refractivity contribution is 5.81. The summed E-state index contributed by atoms with van der Waals surface area (Å²) in [5, 5.41) is 9.20. The molecule has 1 heterocycles. The van der Waals surface area contributed by atoms with E-state index in [4.69, 9.17) is 4.74 Å². The number of ether oxygens (including phenoxy) is 1. The molecule has 148 valence electrons. The number of nitrogens with zero attached hydrogens (tertiary/aromatic N) is 1. The van der Waals surface area contributed by atoms with Crippen LogP contribution in [0.4, 0.5) is 0 Å². The smallest absolute Gasteiger partial charge is 0.307 e. The summed E-state index contributed by atoms with van der Waals surface area (Å²) in [6.45, 7) is 5.65. The predicted octanol–water partition coefficient (Wildman–Crippen LogP) is 4.24. The quantitative estimate of drug-likeness (QED) is 0.697. The van der Waals surface area contributed by atoms with Crippen LogP contribution in [0.3, 0.4) is 0 Å². The molecule has 0 saturated carbocycles. The zero-order valence-corrected chi connectivity index (χ0v) is 16.5. The van der Waals surface area contributed by atoms with Crippen LogP contribution in [-0.2, 0) is 9.53 Å². The second-order valence-corrected chi connectivity index (χ2v) is 7.35. The Bertz CT molecular complexity index is 801. The number of aryl methyl sites for hydroxylation is 1. The number of likely N-dealkylation sites (tertiary alicyclic amines) is 1. The Morgan fingerprint density at radius 3 is 2.68 bits per heavy atom. The minimum absolute atomic E-state index is 0.237. The Balaban J connectivity index is 1.58. The van der Waals surface area contributed by atoms with Crippen LogP contribution >= 0.6 is 0 Å². The van der Waals surface area contributed by atoms with E-state index in [2.05, 4.69) is 66.4 Å². The molecule has 1 fully saturated rings. The first-order chi connectivity index (χ1) is 13.6. The molecule has 1 atom stereocenters. The largest absolute Gasteiger partial charge is 0.481 e.